The molecule has 18 heavy (non-hydrogen) atoms. The standard InChI is InChI=1S/C15H23NO2/c1-11(16)15(8-9-17)7-3-4-12-10-13(18-2)5-6-14(12)15/h5-6,10-11,17H,3-4,7-9,16H2,1-2H3. The van der Waals surface area contributed by atoms with Crippen molar-refractivity contribution < 1.29 is 9.84 Å². The molecular weight excluding hydrogens is 226 g/mol. The minimum absolute atomic E-state index is 0.0529. The summed E-state index contributed by atoms with van der Waals surface area (Å²) in [6, 6.07) is 6.30. The molecule has 0 fully saturated rings. The molecule has 3 nitrogen and oxygen atoms in total. The normalized spacial score (nSPS) is 24.4. The lowest BCUT2D eigenvalue weighted by molar-refractivity contribution is 0.200. The number of methoxy groups -OCH3 is 1. The Hall–Kier alpha value is -1.06. The van der Waals surface area contributed by atoms with Gasteiger partial charge in [0.1, 0.15) is 5.75 Å². The first-order chi connectivity index (χ1) is 8.64. The molecule has 0 saturated heterocycles. The molecule has 1 aliphatic rings. The molecule has 2 atom stereocenters. The van der Waals surface area contributed by atoms with E-state index in [1.165, 1.54) is 11.1 Å². The van der Waals surface area contributed by atoms with E-state index in [1.54, 1.807) is 7.11 Å². The summed E-state index contributed by atoms with van der Waals surface area (Å²) in [7, 11) is 1.69. The minimum atomic E-state index is -0.0748. The molecular formula is C15H23NO2. The van der Waals surface area contributed by atoms with Crippen molar-refractivity contribution in [3.05, 3.63) is 29.3 Å². The van der Waals surface area contributed by atoms with Crippen molar-refractivity contribution in [2.45, 2.75) is 44.1 Å². The SMILES string of the molecule is COc1ccc2c(c1)CCCC2(CCO)C(C)N. The van der Waals surface area contributed by atoms with Crippen LogP contribution in [0.2, 0.25) is 0 Å². The lowest BCUT2D eigenvalue weighted by Crippen LogP contribution is -2.46. The summed E-state index contributed by atoms with van der Waals surface area (Å²) in [5, 5.41) is 9.38. The molecule has 1 aliphatic carbocycles. The van der Waals surface area contributed by atoms with E-state index in [4.69, 9.17) is 10.5 Å². The third-order valence-electron chi connectivity index (χ3n) is 4.35. The third-order valence-corrected chi connectivity index (χ3v) is 4.35. The number of ether oxygens (including phenoxy) is 1. The second kappa shape index (κ2) is 5.29. The summed E-state index contributed by atoms with van der Waals surface area (Å²) in [4.78, 5) is 0. The molecule has 100 valence electrons. The Morgan fingerprint density at radius 1 is 1.50 bits per heavy atom. The van der Waals surface area contributed by atoms with Crippen LogP contribution < -0.4 is 10.5 Å². The van der Waals surface area contributed by atoms with Crippen molar-refractivity contribution >= 4 is 0 Å². The Morgan fingerprint density at radius 3 is 2.89 bits per heavy atom. The number of aliphatic hydroxyl groups excluding tert-OH is 1. The zero-order valence-corrected chi connectivity index (χ0v) is 11.3. The fourth-order valence-electron chi connectivity index (χ4n) is 3.28. The molecule has 3 heteroatoms. The quantitative estimate of drug-likeness (QED) is 0.858. The van der Waals surface area contributed by atoms with Crippen molar-refractivity contribution in [1.82, 2.24) is 0 Å². The van der Waals surface area contributed by atoms with Crippen LogP contribution in [0.4, 0.5) is 0 Å². The molecule has 1 aromatic carbocycles. The number of benzene rings is 1. The number of nitrogens with two attached hydrogens (primary N) is 1. The summed E-state index contributed by atoms with van der Waals surface area (Å²) in [6.07, 6.45) is 4.00. The highest BCUT2D eigenvalue weighted by Gasteiger charge is 2.39. The van der Waals surface area contributed by atoms with Gasteiger partial charge in [-0.1, -0.05) is 6.07 Å². The molecule has 0 aliphatic heterocycles. The van der Waals surface area contributed by atoms with Crippen LogP contribution in [0.1, 0.15) is 37.3 Å². The molecule has 0 bridgehead atoms. The summed E-state index contributed by atoms with van der Waals surface area (Å²) < 4.78 is 5.29. The average molecular weight is 249 g/mol. The van der Waals surface area contributed by atoms with Crippen LogP contribution in [0.15, 0.2) is 18.2 Å². The molecule has 0 saturated carbocycles. The van der Waals surface area contributed by atoms with Crippen molar-refractivity contribution in [3.8, 4) is 5.75 Å². The number of rotatable bonds is 4. The monoisotopic (exact) mass is 249 g/mol. The van der Waals surface area contributed by atoms with Gasteiger partial charge in [-0.15, -0.1) is 0 Å². The largest absolute Gasteiger partial charge is 0.497 e. The summed E-state index contributed by atoms with van der Waals surface area (Å²) in [6.45, 7) is 2.24. The average Bonchev–Trinajstić information content (AvgIpc) is 2.38. The highest BCUT2D eigenvalue weighted by molar-refractivity contribution is 5.43. The van der Waals surface area contributed by atoms with Crippen LogP contribution >= 0.6 is 0 Å². The molecule has 0 heterocycles. The van der Waals surface area contributed by atoms with Crippen LogP contribution in [0.25, 0.3) is 0 Å². The number of hydrogen-bond donors (Lipinski definition) is 2. The Labute approximate surface area is 109 Å². The second-order valence-electron chi connectivity index (χ2n) is 5.30. The first-order valence-corrected chi connectivity index (χ1v) is 6.68. The number of fused-ring (bicyclic) bond motifs is 1. The smallest absolute Gasteiger partial charge is 0.119 e. The van der Waals surface area contributed by atoms with Gasteiger partial charge in [-0.25, -0.2) is 0 Å². The van der Waals surface area contributed by atoms with Gasteiger partial charge in [0.15, 0.2) is 0 Å². The topological polar surface area (TPSA) is 55.5 Å². The minimum Gasteiger partial charge on any atom is -0.497 e. The van der Waals surface area contributed by atoms with Crippen LogP contribution in [0.3, 0.4) is 0 Å². The van der Waals surface area contributed by atoms with Crippen molar-refractivity contribution in [1.29, 1.82) is 0 Å². The second-order valence-corrected chi connectivity index (χ2v) is 5.30. The van der Waals surface area contributed by atoms with Crippen LogP contribution in [-0.4, -0.2) is 24.9 Å². The van der Waals surface area contributed by atoms with E-state index in [2.05, 4.69) is 19.1 Å². The van der Waals surface area contributed by atoms with Crippen molar-refractivity contribution in [2.24, 2.45) is 5.73 Å². The van der Waals surface area contributed by atoms with Gasteiger partial charge in [0.25, 0.3) is 0 Å². The maximum absolute atomic E-state index is 9.38. The zero-order chi connectivity index (χ0) is 13.2. The van der Waals surface area contributed by atoms with E-state index in [0.717, 1.165) is 31.4 Å². The summed E-state index contributed by atoms with van der Waals surface area (Å²) in [5.41, 5.74) is 8.79. The first-order valence-electron chi connectivity index (χ1n) is 6.68. The Balaban J connectivity index is 2.48. The molecule has 0 spiro atoms. The van der Waals surface area contributed by atoms with E-state index in [0.29, 0.717) is 0 Å². The van der Waals surface area contributed by atoms with Gasteiger partial charge < -0.3 is 15.6 Å². The molecule has 0 amide bonds. The van der Waals surface area contributed by atoms with Crippen LogP contribution in [0.5, 0.6) is 5.75 Å². The van der Waals surface area contributed by atoms with Gasteiger partial charge in [0.2, 0.25) is 0 Å². The van der Waals surface area contributed by atoms with E-state index >= 15 is 0 Å². The predicted molar refractivity (Wildman–Crippen MR) is 73.0 cm³/mol. The third kappa shape index (κ3) is 2.13. The lowest BCUT2D eigenvalue weighted by atomic mass is 9.64. The molecule has 2 unspecified atom stereocenters. The van der Waals surface area contributed by atoms with Crippen molar-refractivity contribution in [2.75, 3.05) is 13.7 Å². The number of aryl methyl sites for hydroxylation is 1. The Bertz CT molecular complexity index is 417. The summed E-state index contributed by atoms with van der Waals surface area (Å²) >= 11 is 0. The fourth-order valence-corrected chi connectivity index (χ4v) is 3.28. The molecule has 0 aromatic heterocycles. The first kappa shape index (κ1) is 13.4. The van der Waals surface area contributed by atoms with E-state index in [9.17, 15) is 5.11 Å². The fraction of sp³-hybridized carbons (Fsp3) is 0.600. The maximum atomic E-state index is 9.38. The number of aliphatic hydroxyl groups is 1. The van der Waals surface area contributed by atoms with Gasteiger partial charge in [0, 0.05) is 18.1 Å². The summed E-state index contributed by atoms with van der Waals surface area (Å²) in [5.74, 6) is 0.901. The molecule has 0 radical (unpaired) electrons. The zero-order valence-electron chi connectivity index (χ0n) is 11.3. The molecule has 3 N–H and O–H groups in total. The highest BCUT2D eigenvalue weighted by atomic mass is 16.5. The van der Waals surface area contributed by atoms with Gasteiger partial charge in [-0.3, -0.25) is 0 Å². The van der Waals surface area contributed by atoms with E-state index in [1.807, 2.05) is 6.07 Å². The molecule has 1 aromatic rings. The molecule has 2 rings (SSSR count). The van der Waals surface area contributed by atoms with Crippen molar-refractivity contribution in [3.63, 3.8) is 0 Å². The highest BCUT2D eigenvalue weighted by Crippen LogP contribution is 2.42. The lowest BCUT2D eigenvalue weighted by Gasteiger charge is -2.42. The van der Waals surface area contributed by atoms with Gasteiger partial charge >= 0.3 is 0 Å². The van der Waals surface area contributed by atoms with Crippen LogP contribution in [-0.2, 0) is 11.8 Å². The predicted octanol–water partition coefficient (Wildman–Crippen LogP) is 2.00. The van der Waals surface area contributed by atoms with E-state index in [-0.39, 0.29) is 18.1 Å². The Kier molecular flexibility index (Phi) is 3.93. The van der Waals surface area contributed by atoms with Gasteiger partial charge in [0.05, 0.1) is 7.11 Å². The maximum Gasteiger partial charge on any atom is 0.119 e. The Morgan fingerprint density at radius 2 is 2.28 bits per heavy atom. The van der Waals surface area contributed by atoms with Gasteiger partial charge in [-0.05, 0) is 55.9 Å². The van der Waals surface area contributed by atoms with Crippen LogP contribution in [0, 0.1) is 0 Å². The number of hydrogen-bond acceptors (Lipinski definition) is 3. The van der Waals surface area contributed by atoms with Gasteiger partial charge in [-0.2, -0.15) is 0 Å². The van der Waals surface area contributed by atoms with E-state index < -0.39 is 0 Å².